The highest BCUT2D eigenvalue weighted by molar-refractivity contribution is 7.99. The Morgan fingerprint density at radius 1 is 1.18 bits per heavy atom. The summed E-state index contributed by atoms with van der Waals surface area (Å²) in [5, 5.41) is 13.4. The molecule has 3 aromatic heterocycles. The van der Waals surface area contributed by atoms with Gasteiger partial charge in [0.25, 0.3) is 0 Å². The van der Waals surface area contributed by atoms with E-state index in [1.54, 1.807) is 23.1 Å². The molecule has 4 rings (SSSR count). The predicted octanol–water partition coefficient (Wildman–Crippen LogP) is 3.84. The zero-order chi connectivity index (χ0) is 15.1. The molecule has 0 radical (unpaired) electrons. The molecule has 1 N–H and O–H groups in total. The SMILES string of the molecule is CNc1nc2ccc(Sc3nnc4ccc(C)cn34)cc2s1. The van der Waals surface area contributed by atoms with Crippen molar-refractivity contribution in [2.45, 2.75) is 17.0 Å². The fourth-order valence-electron chi connectivity index (χ4n) is 2.23. The van der Waals surface area contributed by atoms with Crippen molar-refractivity contribution in [1.82, 2.24) is 19.6 Å². The monoisotopic (exact) mass is 327 g/mol. The fraction of sp³-hybridized carbons (Fsp3) is 0.133. The van der Waals surface area contributed by atoms with Gasteiger partial charge in [-0.3, -0.25) is 4.40 Å². The maximum atomic E-state index is 4.50. The minimum absolute atomic E-state index is 0.865. The zero-order valence-corrected chi connectivity index (χ0v) is 13.7. The molecule has 0 amide bonds. The molecule has 0 unspecified atom stereocenters. The Kier molecular flexibility index (Phi) is 3.24. The Morgan fingerprint density at radius 3 is 2.95 bits per heavy atom. The van der Waals surface area contributed by atoms with Crippen LogP contribution >= 0.6 is 23.1 Å². The normalized spacial score (nSPS) is 11.4. The molecule has 0 aliphatic carbocycles. The van der Waals surface area contributed by atoms with Gasteiger partial charge in [-0.25, -0.2) is 4.98 Å². The molecule has 0 saturated heterocycles. The fourth-order valence-corrected chi connectivity index (χ4v) is 4.01. The van der Waals surface area contributed by atoms with Crippen LogP contribution in [0.1, 0.15) is 5.56 Å². The van der Waals surface area contributed by atoms with Crippen LogP contribution in [0.4, 0.5) is 5.13 Å². The van der Waals surface area contributed by atoms with Crippen molar-refractivity contribution in [3.63, 3.8) is 0 Å². The van der Waals surface area contributed by atoms with Crippen LogP contribution in [0.3, 0.4) is 0 Å². The van der Waals surface area contributed by atoms with E-state index in [2.05, 4.69) is 45.8 Å². The highest BCUT2D eigenvalue weighted by Gasteiger charge is 2.09. The molecular formula is C15H13N5S2. The van der Waals surface area contributed by atoms with Crippen LogP contribution in [0.2, 0.25) is 0 Å². The van der Waals surface area contributed by atoms with Crippen LogP contribution in [0, 0.1) is 6.92 Å². The zero-order valence-electron chi connectivity index (χ0n) is 12.1. The van der Waals surface area contributed by atoms with Gasteiger partial charge < -0.3 is 5.32 Å². The van der Waals surface area contributed by atoms with Crippen LogP contribution in [0.25, 0.3) is 15.9 Å². The first-order valence-corrected chi connectivity index (χ1v) is 8.44. The van der Waals surface area contributed by atoms with E-state index in [-0.39, 0.29) is 0 Å². The summed E-state index contributed by atoms with van der Waals surface area (Å²) >= 11 is 3.26. The van der Waals surface area contributed by atoms with Gasteiger partial charge in [0.1, 0.15) is 0 Å². The van der Waals surface area contributed by atoms with E-state index in [1.807, 2.05) is 29.6 Å². The number of pyridine rings is 1. The van der Waals surface area contributed by atoms with E-state index in [0.29, 0.717) is 0 Å². The number of hydrogen-bond acceptors (Lipinski definition) is 6. The molecule has 1 aromatic carbocycles. The minimum Gasteiger partial charge on any atom is -0.365 e. The molecule has 0 aliphatic rings. The van der Waals surface area contributed by atoms with E-state index in [4.69, 9.17) is 0 Å². The van der Waals surface area contributed by atoms with Crippen LogP contribution in [0.5, 0.6) is 0 Å². The third kappa shape index (κ3) is 2.32. The molecule has 3 heterocycles. The number of nitrogens with zero attached hydrogens (tertiary/aromatic N) is 4. The average Bonchev–Trinajstić information content (AvgIpc) is 3.11. The Labute approximate surface area is 135 Å². The number of rotatable bonds is 3. The van der Waals surface area contributed by atoms with Gasteiger partial charge in [-0.1, -0.05) is 17.4 Å². The van der Waals surface area contributed by atoms with Gasteiger partial charge in [-0.2, -0.15) is 0 Å². The van der Waals surface area contributed by atoms with Crippen molar-refractivity contribution in [3.8, 4) is 0 Å². The molecule has 0 bridgehead atoms. The molecule has 110 valence electrons. The van der Waals surface area contributed by atoms with E-state index < -0.39 is 0 Å². The second-order valence-electron chi connectivity index (χ2n) is 4.92. The van der Waals surface area contributed by atoms with Gasteiger partial charge in [0.2, 0.25) is 0 Å². The van der Waals surface area contributed by atoms with Gasteiger partial charge in [-0.05, 0) is 48.5 Å². The van der Waals surface area contributed by atoms with E-state index in [9.17, 15) is 0 Å². The Morgan fingerprint density at radius 2 is 2.09 bits per heavy atom. The summed E-state index contributed by atoms with van der Waals surface area (Å²) in [7, 11) is 1.89. The second-order valence-corrected chi connectivity index (χ2v) is 6.99. The minimum atomic E-state index is 0.865. The third-order valence-electron chi connectivity index (χ3n) is 3.30. The number of aromatic nitrogens is 4. The van der Waals surface area contributed by atoms with Crippen LogP contribution in [-0.2, 0) is 0 Å². The summed E-state index contributed by atoms with van der Waals surface area (Å²) in [4.78, 5) is 5.63. The van der Waals surface area contributed by atoms with E-state index in [0.717, 1.165) is 26.3 Å². The molecule has 0 fully saturated rings. The molecule has 7 heteroatoms. The molecule has 5 nitrogen and oxygen atoms in total. The quantitative estimate of drug-likeness (QED) is 0.619. The number of nitrogens with one attached hydrogen (secondary N) is 1. The van der Waals surface area contributed by atoms with Crippen molar-refractivity contribution in [1.29, 1.82) is 0 Å². The molecular weight excluding hydrogens is 314 g/mol. The van der Waals surface area contributed by atoms with Crippen molar-refractivity contribution in [2.75, 3.05) is 12.4 Å². The maximum Gasteiger partial charge on any atom is 0.200 e. The first-order chi connectivity index (χ1) is 10.7. The van der Waals surface area contributed by atoms with Crippen LogP contribution < -0.4 is 5.32 Å². The van der Waals surface area contributed by atoms with Gasteiger partial charge in [0.05, 0.1) is 10.2 Å². The van der Waals surface area contributed by atoms with Crippen LogP contribution in [-0.4, -0.2) is 26.6 Å². The summed E-state index contributed by atoms with van der Waals surface area (Å²) in [6.07, 6.45) is 2.06. The first-order valence-electron chi connectivity index (χ1n) is 6.80. The van der Waals surface area contributed by atoms with Crippen LogP contribution in [0.15, 0.2) is 46.6 Å². The average molecular weight is 327 g/mol. The maximum absolute atomic E-state index is 4.50. The van der Waals surface area contributed by atoms with Crippen molar-refractivity contribution in [3.05, 3.63) is 42.1 Å². The van der Waals surface area contributed by atoms with Gasteiger partial charge >= 0.3 is 0 Å². The summed E-state index contributed by atoms with van der Waals surface area (Å²) in [6.45, 7) is 2.07. The number of thiazole rings is 1. The largest absolute Gasteiger partial charge is 0.365 e. The smallest absolute Gasteiger partial charge is 0.200 e. The molecule has 22 heavy (non-hydrogen) atoms. The summed E-state index contributed by atoms with van der Waals surface area (Å²) in [6, 6.07) is 10.3. The molecule has 0 saturated carbocycles. The highest BCUT2D eigenvalue weighted by atomic mass is 32.2. The standard InChI is InChI=1S/C15H13N5S2/c1-9-3-6-13-18-19-15(20(13)8-9)21-10-4-5-11-12(7-10)22-14(16-2)17-11/h3-8H,1-2H3,(H,16,17). The van der Waals surface area contributed by atoms with Crippen molar-refractivity contribution >= 4 is 44.1 Å². The highest BCUT2D eigenvalue weighted by Crippen LogP contribution is 2.32. The lowest BCUT2D eigenvalue weighted by Gasteiger charge is -2.01. The Bertz CT molecular complexity index is 973. The van der Waals surface area contributed by atoms with E-state index in [1.165, 1.54) is 10.3 Å². The van der Waals surface area contributed by atoms with E-state index >= 15 is 0 Å². The number of anilines is 1. The third-order valence-corrected chi connectivity index (χ3v) is 5.29. The summed E-state index contributed by atoms with van der Waals surface area (Å²) in [5.74, 6) is 0. The molecule has 0 aliphatic heterocycles. The lowest BCUT2D eigenvalue weighted by atomic mass is 10.3. The molecule has 0 spiro atoms. The lowest BCUT2D eigenvalue weighted by molar-refractivity contribution is 0.917. The van der Waals surface area contributed by atoms with Gasteiger partial charge in [-0.15, -0.1) is 10.2 Å². The second kappa shape index (κ2) is 5.26. The topological polar surface area (TPSA) is 55.1 Å². The predicted molar refractivity (Wildman–Crippen MR) is 91.0 cm³/mol. The lowest BCUT2D eigenvalue weighted by Crippen LogP contribution is -1.88. The number of hydrogen-bond donors (Lipinski definition) is 1. The van der Waals surface area contributed by atoms with Crippen molar-refractivity contribution in [2.24, 2.45) is 0 Å². The molecule has 0 atom stereocenters. The number of fused-ring (bicyclic) bond motifs is 2. The Balaban J connectivity index is 1.73. The molecule has 4 aromatic rings. The number of benzene rings is 1. The first kappa shape index (κ1) is 13.5. The van der Waals surface area contributed by atoms with Gasteiger partial charge in [0.15, 0.2) is 15.9 Å². The van der Waals surface area contributed by atoms with Gasteiger partial charge in [0, 0.05) is 18.1 Å². The number of aryl methyl sites for hydroxylation is 1. The summed E-state index contributed by atoms with van der Waals surface area (Å²) in [5.41, 5.74) is 3.07. The Hall–Kier alpha value is -2.12. The van der Waals surface area contributed by atoms with Crippen molar-refractivity contribution < 1.29 is 0 Å². The summed E-state index contributed by atoms with van der Waals surface area (Å²) < 4.78 is 3.19.